The average molecular weight is 515 g/mol. The van der Waals surface area contributed by atoms with Gasteiger partial charge in [-0.2, -0.15) is 0 Å². The fourth-order valence-corrected chi connectivity index (χ4v) is 5.48. The fourth-order valence-electron chi connectivity index (χ4n) is 4.19. The van der Waals surface area contributed by atoms with Crippen molar-refractivity contribution < 1.29 is 4.79 Å². The lowest BCUT2D eigenvalue weighted by molar-refractivity contribution is -0.122. The molecule has 0 aromatic carbocycles. The van der Waals surface area contributed by atoms with Crippen molar-refractivity contribution in [2.75, 3.05) is 18.4 Å². The van der Waals surface area contributed by atoms with E-state index in [9.17, 15) is 9.59 Å². The molecule has 0 spiro atoms. The van der Waals surface area contributed by atoms with Crippen LogP contribution in [0.5, 0.6) is 0 Å². The summed E-state index contributed by atoms with van der Waals surface area (Å²) in [7, 11) is 0. The first-order valence-corrected chi connectivity index (χ1v) is 14.3. The molecule has 0 bridgehead atoms. The number of anilines is 1. The maximum Gasteiger partial charge on any atom is 0.267 e. The number of carbonyl (C=O) groups is 1. The zero-order valence-corrected chi connectivity index (χ0v) is 22.7. The van der Waals surface area contributed by atoms with E-state index in [1.807, 2.05) is 6.07 Å². The van der Waals surface area contributed by atoms with Gasteiger partial charge in [0.15, 0.2) is 0 Å². The molecule has 8 heteroatoms. The number of aromatic nitrogens is 2. The van der Waals surface area contributed by atoms with Crippen LogP contribution in [-0.4, -0.2) is 37.6 Å². The van der Waals surface area contributed by atoms with Crippen molar-refractivity contribution >= 4 is 51.7 Å². The van der Waals surface area contributed by atoms with E-state index in [-0.39, 0.29) is 11.5 Å². The minimum absolute atomic E-state index is 0.116. The third-order valence-electron chi connectivity index (χ3n) is 6.20. The number of unbranched alkanes of at least 4 members (excludes halogenated alkanes) is 9. The Kier molecular flexibility index (Phi) is 11.3. The molecule has 0 aliphatic carbocycles. The molecular weight excluding hydrogens is 476 g/mol. The number of thioether (sulfide) groups is 1. The fraction of sp³-hybridized carbons (Fsp3) is 0.556. The molecule has 2 aromatic heterocycles. The molecule has 35 heavy (non-hydrogen) atoms. The maximum absolute atomic E-state index is 13.2. The van der Waals surface area contributed by atoms with Gasteiger partial charge in [0.1, 0.15) is 15.8 Å². The third kappa shape index (κ3) is 7.64. The van der Waals surface area contributed by atoms with Gasteiger partial charge in [-0.15, -0.1) is 0 Å². The van der Waals surface area contributed by atoms with Crippen molar-refractivity contribution in [2.24, 2.45) is 0 Å². The van der Waals surface area contributed by atoms with Gasteiger partial charge >= 0.3 is 0 Å². The predicted molar refractivity (Wildman–Crippen MR) is 152 cm³/mol. The number of carbonyl (C=O) groups excluding carboxylic acids is 1. The smallest absolute Gasteiger partial charge is 0.267 e. The van der Waals surface area contributed by atoms with Crippen LogP contribution in [0.25, 0.3) is 11.7 Å². The molecule has 0 atom stereocenters. The summed E-state index contributed by atoms with van der Waals surface area (Å²) >= 11 is 6.78. The molecule has 1 aliphatic rings. The highest BCUT2D eigenvalue weighted by Gasteiger charge is 2.32. The number of thiocarbonyl (C=S) groups is 1. The lowest BCUT2D eigenvalue weighted by Crippen LogP contribution is -2.29. The zero-order chi connectivity index (χ0) is 25.0. The third-order valence-corrected chi connectivity index (χ3v) is 7.57. The van der Waals surface area contributed by atoms with E-state index in [2.05, 4.69) is 24.1 Å². The number of amides is 1. The largest absolute Gasteiger partial charge is 0.369 e. The first kappa shape index (κ1) is 27.4. The molecule has 1 amide bonds. The molecule has 1 fully saturated rings. The van der Waals surface area contributed by atoms with Gasteiger partial charge in [-0.25, -0.2) is 4.98 Å². The van der Waals surface area contributed by atoms with E-state index in [0.29, 0.717) is 39.3 Å². The van der Waals surface area contributed by atoms with E-state index in [1.54, 1.807) is 29.3 Å². The molecule has 3 heterocycles. The first-order valence-electron chi connectivity index (χ1n) is 13.1. The standard InChI is InChI=1S/C27H38N4O2S2/c1-3-5-6-7-8-9-10-11-12-14-19-31-26(33)22(35-27(31)34)20-21-24(28-17-4-2)29-23-16-13-15-18-30(23)25(21)32/h13,15-16,18,20,28H,3-12,14,17,19H2,1-2H3. The van der Waals surface area contributed by atoms with Gasteiger partial charge < -0.3 is 5.32 Å². The minimum Gasteiger partial charge on any atom is -0.369 e. The number of nitrogens with zero attached hydrogens (tertiary/aromatic N) is 3. The van der Waals surface area contributed by atoms with Gasteiger partial charge in [0.2, 0.25) is 0 Å². The number of pyridine rings is 1. The summed E-state index contributed by atoms with van der Waals surface area (Å²) in [6, 6.07) is 5.45. The Bertz CT molecular complexity index is 1100. The van der Waals surface area contributed by atoms with Gasteiger partial charge in [0, 0.05) is 19.3 Å². The molecule has 0 radical (unpaired) electrons. The van der Waals surface area contributed by atoms with Crippen molar-refractivity contribution in [1.82, 2.24) is 14.3 Å². The van der Waals surface area contributed by atoms with Crippen LogP contribution in [0.1, 0.15) is 90.0 Å². The second-order valence-electron chi connectivity index (χ2n) is 9.05. The van der Waals surface area contributed by atoms with Crippen LogP contribution in [0.15, 0.2) is 34.1 Å². The Morgan fingerprint density at radius 2 is 1.66 bits per heavy atom. The molecule has 2 aromatic rings. The second-order valence-corrected chi connectivity index (χ2v) is 10.7. The number of hydrogen-bond donors (Lipinski definition) is 1. The number of rotatable bonds is 15. The van der Waals surface area contributed by atoms with Crippen LogP contribution in [0.4, 0.5) is 5.82 Å². The quantitative estimate of drug-likeness (QED) is 0.163. The molecule has 1 N–H and O–H groups in total. The summed E-state index contributed by atoms with van der Waals surface area (Å²) in [6.45, 7) is 5.63. The van der Waals surface area contributed by atoms with E-state index in [4.69, 9.17) is 12.2 Å². The summed E-state index contributed by atoms with van der Waals surface area (Å²) in [6.07, 6.45) is 16.7. The van der Waals surface area contributed by atoms with Crippen molar-refractivity contribution in [1.29, 1.82) is 0 Å². The Morgan fingerprint density at radius 3 is 2.34 bits per heavy atom. The van der Waals surface area contributed by atoms with Crippen LogP contribution in [0.3, 0.4) is 0 Å². The summed E-state index contributed by atoms with van der Waals surface area (Å²) in [5, 5.41) is 3.24. The first-order chi connectivity index (χ1) is 17.1. The second kappa shape index (κ2) is 14.4. The summed E-state index contributed by atoms with van der Waals surface area (Å²) in [5.41, 5.74) is 0.762. The average Bonchev–Trinajstić information content (AvgIpc) is 3.13. The summed E-state index contributed by atoms with van der Waals surface area (Å²) in [5.74, 6) is 0.387. The van der Waals surface area contributed by atoms with E-state index >= 15 is 0 Å². The van der Waals surface area contributed by atoms with Crippen LogP contribution in [0.2, 0.25) is 0 Å². The van der Waals surface area contributed by atoms with E-state index < -0.39 is 0 Å². The highest BCUT2D eigenvalue weighted by molar-refractivity contribution is 8.26. The highest BCUT2D eigenvalue weighted by atomic mass is 32.2. The minimum atomic E-state index is -0.200. The SMILES string of the molecule is CCCCCCCCCCCCN1C(=O)C(=Cc2c(NCCC)nc3ccccn3c2=O)SC1=S. The molecule has 0 unspecified atom stereocenters. The molecule has 1 aliphatic heterocycles. The monoisotopic (exact) mass is 514 g/mol. The Hall–Kier alpha value is -2.19. The molecule has 190 valence electrons. The molecule has 6 nitrogen and oxygen atoms in total. The maximum atomic E-state index is 13.2. The van der Waals surface area contributed by atoms with Crippen LogP contribution in [0, 0.1) is 0 Å². The topological polar surface area (TPSA) is 66.7 Å². The molecule has 3 rings (SSSR count). The number of hydrogen-bond acceptors (Lipinski definition) is 6. The predicted octanol–water partition coefficient (Wildman–Crippen LogP) is 6.64. The highest BCUT2D eigenvalue weighted by Crippen LogP contribution is 2.33. The Balaban J connectivity index is 1.60. The van der Waals surface area contributed by atoms with Crippen LogP contribution in [-0.2, 0) is 4.79 Å². The van der Waals surface area contributed by atoms with Crippen molar-refractivity contribution in [3.63, 3.8) is 0 Å². The summed E-state index contributed by atoms with van der Waals surface area (Å²) in [4.78, 5) is 33.1. The normalized spacial score (nSPS) is 15.0. The van der Waals surface area contributed by atoms with Gasteiger partial charge in [-0.05, 0) is 31.1 Å². The van der Waals surface area contributed by atoms with Crippen molar-refractivity contribution in [3.8, 4) is 0 Å². The van der Waals surface area contributed by atoms with E-state index in [0.717, 1.165) is 19.3 Å². The van der Waals surface area contributed by atoms with Crippen molar-refractivity contribution in [2.45, 2.75) is 84.5 Å². The van der Waals surface area contributed by atoms with Gasteiger partial charge in [-0.1, -0.05) is 102 Å². The lowest BCUT2D eigenvalue weighted by Gasteiger charge is -2.14. The van der Waals surface area contributed by atoms with E-state index in [1.165, 1.54) is 67.5 Å². The Labute approximate surface area is 218 Å². The van der Waals surface area contributed by atoms with Gasteiger partial charge in [0.05, 0.1) is 10.5 Å². The summed E-state index contributed by atoms with van der Waals surface area (Å²) < 4.78 is 2.07. The van der Waals surface area contributed by atoms with Crippen molar-refractivity contribution in [3.05, 3.63) is 45.2 Å². The number of fused-ring (bicyclic) bond motifs is 1. The Morgan fingerprint density at radius 1 is 0.971 bits per heavy atom. The molecule has 1 saturated heterocycles. The van der Waals surface area contributed by atoms with Crippen LogP contribution < -0.4 is 10.9 Å². The zero-order valence-electron chi connectivity index (χ0n) is 21.1. The number of nitrogens with one attached hydrogen (secondary N) is 1. The molecule has 0 saturated carbocycles. The van der Waals surface area contributed by atoms with Gasteiger partial charge in [0.25, 0.3) is 11.5 Å². The molecular formula is C27H38N4O2S2. The van der Waals surface area contributed by atoms with Crippen LogP contribution >= 0.6 is 24.0 Å². The van der Waals surface area contributed by atoms with Gasteiger partial charge in [-0.3, -0.25) is 18.9 Å². The lowest BCUT2D eigenvalue weighted by atomic mass is 10.1.